The van der Waals surface area contributed by atoms with Gasteiger partial charge in [0.05, 0.1) is 18.6 Å². The number of halogens is 1. The summed E-state index contributed by atoms with van der Waals surface area (Å²) in [6.45, 7) is 1.83. The van der Waals surface area contributed by atoms with Gasteiger partial charge >= 0.3 is 5.69 Å². The SMILES string of the molecule is CCOc1cc(OC)c(S(=O)(=O)Cl)cc1[N+](=O)[O-]. The van der Waals surface area contributed by atoms with E-state index in [4.69, 9.17) is 20.2 Å². The standard InChI is InChI=1S/C9H10ClNO6S/c1-3-17-7-5-8(16-2)9(18(10,14)15)4-6(7)11(12)13/h4-5H,3H2,1-2H3. The lowest BCUT2D eigenvalue weighted by Gasteiger charge is -2.09. The van der Waals surface area contributed by atoms with E-state index >= 15 is 0 Å². The van der Waals surface area contributed by atoms with Crippen LogP contribution in [-0.4, -0.2) is 27.1 Å². The second-order valence-corrected chi connectivity index (χ2v) is 5.63. The molecule has 0 aliphatic carbocycles. The molecule has 0 heterocycles. The molecule has 0 aromatic heterocycles. The van der Waals surface area contributed by atoms with Crippen molar-refractivity contribution in [3.8, 4) is 11.5 Å². The van der Waals surface area contributed by atoms with Crippen molar-refractivity contribution in [3.63, 3.8) is 0 Å². The second-order valence-electron chi connectivity index (χ2n) is 3.10. The summed E-state index contributed by atoms with van der Waals surface area (Å²) in [4.78, 5) is 9.60. The summed E-state index contributed by atoms with van der Waals surface area (Å²) < 4.78 is 32.4. The second kappa shape index (κ2) is 5.40. The molecule has 0 fully saturated rings. The van der Waals surface area contributed by atoms with E-state index in [-0.39, 0.29) is 18.1 Å². The minimum Gasteiger partial charge on any atom is -0.495 e. The molecule has 0 bridgehead atoms. The number of hydrogen-bond donors (Lipinski definition) is 0. The largest absolute Gasteiger partial charge is 0.495 e. The maximum atomic E-state index is 11.3. The van der Waals surface area contributed by atoms with Crippen LogP contribution < -0.4 is 9.47 Å². The van der Waals surface area contributed by atoms with Gasteiger partial charge in [0.15, 0.2) is 0 Å². The molecule has 0 spiro atoms. The van der Waals surface area contributed by atoms with E-state index in [2.05, 4.69) is 0 Å². The molecular weight excluding hydrogens is 286 g/mol. The molecule has 1 aromatic carbocycles. The lowest BCUT2D eigenvalue weighted by Crippen LogP contribution is -2.02. The van der Waals surface area contributed by atoms with E-state index in [9.17, 15) is 18.5 Å². The number of methoxy groups -OCH3 is 1. The van der Waals surface area contributed by atoms with Gasteiger partial charge in [-0.05, 0) is 6.92 Å². The lowest BCUT2D eigenvalue weighted by atomic mass is 10.3. The number of ether oxygens (including phenoxy) is 2. The Balaban J connectivity index is 3.56. The summed E-state index contributed by atoms with van der Waals surface area (Å²) in [5, 5.41) is 10.8. The minimum absolute atomic E-state index is 0.0802. The number of benzene rings is 1. The van der Waals surface area contributed by atoms with Gasteiger partial charge in [0, 0.05) is 22.8 Å². The number of rotatable bonds is 5. The molecule has 9 heteroatoms. The molecule has 0 unspecified atom stereocenters. The third-order valence-electron chi connectivity index (χ3n) is 2.00. The Hall–Kier alpha value is -1.54. The van der Waals surface area contributed by atoms with Crippen molar-refractivity contribution in [2.75, 3.05) is 13.7 Å². The summed E-state index contributed by atoms with van der Waals surface area (Å²) in [6.07, 6.45) is 0. The Morgan fingerprint density at radius 3 is 2.39 bits per heavy atom. The van der Waals surface area contributed by atoms with E-state index in [1.807, 2.05) is 0 Å². The van der Waals surface area contributed by atoms with Crippen molar-refractivity contribution in [3.05, 3.63) is 22.2 Å². The summed E-state index contributed by atoms with van der Waals surface area (Å²) in [5.74, 6) is -0.192. The van der Waals surface area contributed by atoms with Crippen LogP contribution in [0.2, 0.25) is 0 Å². The monoisotopic (exact) mass is 295 g/mol. The molecule has 0 radical (unpaired) electrons. The number of nitro groups is 1. The highest BCUT2D eigenvalue weighted by Gasteiger charge is 2.25. The van der Waals surface area contributed by atoms with Crippen molar-refractivity contribution < 1.29 is 22.8 Å². The highest BCUT2D eigenvalue weighted by molar-refractivity contribution is 8.13. The predicted molar refractivity (Wildman–Crippen MR) is 63.9 cm³/mol. The van der Waals surface area contributed by atoms with Crippen LogP contribution in [0.25, 0.3) is 0 Å². The highest BCUT2D eigenvalue weighted by Crippen LogP contribution is 2.38. The Morgan fingerprint density at radius 2 is 2.00 bits per heavy atom. The first-order valence-corrected chi connectivity index (χ1v) is 7.06. The van der Waals surface area contributed by atoms with Crippen molar-refractivity contribution in [1.29, 1.82) is 0 Å². The molecule has 0 aliphatic heterocycles. The number of nitro benzene ring substituents is 1. The highest BCUT2D eigenvalue weighted by atomic mass is 35.7. The molecule has 18 heavy (non-hydrogen) atoms. The average Bonchev–Trinajstić information content (AvgIpc) is 2.27. The third-order valence-corrected chi connectivity index (χ3v) is 3.35. The van der Waals surface area contributed by atoms with Crippen molar-refractivity contribution in [2.24, 2.45) is 0 Å². The van der Waals surface area contributed by atoms with Crippen LogP contribution >= 0.6 is 10.7 Å². The zero-order valence-electron chi connectivity index (χ0n) is 9.54. The summed E-state index contributed by atoms with van der Waals surface area (Å²) >= 11 is 0. The molecule has 0 saturated heterocycles. The first-order chi connectivity index (χ1) is 8.31. The van der Waals surface area contributed by atoms with Crippen molar-refractivity contribution in [1.82, 2.24) is 0 Å². The lowest BCUT2D eigenvalue weighted by molar-refractivity contribution is -0.386. The summed E-state index contributed by atoms with van der Waals surface area (Å²) in [5.41, 5.74) is -0.489. The van der Waals surface area contributed by atoms with Gasteiger partial charge in [-0.3, -0.25) is 10.1 Å². The smallest absolute Gasteiger partial charge is 0.312 e. The van der Waals surface area contributed by atoms with Gasteiger partial charge in [0.1, 0.15) is 10.6 Å². The van der Waals surface area contributed by atoms with Gasteiger partial charge < -0.3 is 9.47 Å². The Bertz CT molecular complexity index is 571. The molecular formula is C9H10ClNO6S. The van der Waals surface area contributed by atoms with Crippen LogP contribution in [0, 0.1) is 10.1 Å². The maximum absolute atomic E-state index is 11.3. The fourth-order valence-electron chi connectivity index (χ4n) is 1.29. The summed E-state index contributed by atoms with van der Waals surface area (Å²) in [6, 6.07) is 1.93. The van der Waals surface area contributed by atoms with E-state index in [1.165, 1.54) is 7.11 Å². The molecule has 7 nitrogen and oxygen atoms in total. The fourth-order valence-corrected chi connectivity index (χ4v) is 2.29. The minimum atomic E-state index is -4.15. The molecule has 100 valence electrons. The van der Waals surface area contributed by atoms with Crippen LogP contribution in [0.5, 0.6) is 11.5 Å². The third kappa shape index (κ3) is 3.02. The van der Waals surface area contributed by atoms with Crippen LogP contribution in [0.1, 0.15) is 6.92 Å². The topological polar surface area (TPSA) is 95.7 Å². The maximum Gasteiger partial charge on any atom is 0.312 e. The van der Waals surface area contributed by atoms with E-state index in [0.717, 1.165) is 12.1 Å². The van der Waals surface area contributed by atoms with Gasteiger partial charge in [-0.25, -0.2) is 8.42 Å². The Kier molecular flexibility index (Phi) is 4.36. The van der Waals surface area contributed by atoms with Crippen LogP contribution in [0.15, 0.2) is 17.0 Å². The van der Waals surface area contributed by atoms with E-state index in [0.29, 0.717) is 0 Å². The number of hydrogen-bond acceptors (Lipinski definition) is 6. The molecule has 0 aliphatic rings. The van der Waals surface area contributed by atoms with Crippen LogP contribution in [-0.2, 0) is 9.05 Å². The fraction of sp³-hybridized carbons (Fsp3) is 0.333. The molecule has 1 rings (SSSR count). The van der Waals surface area contributed by atoms with Gasteiger partial charge in [-0.1, -0.05) is 0 Å². The van der Waals surface area contributed by atoms with Crippen molar-refractivity contribution in [2.45, 2.75) is 11.8 Å². The molecule has 0 saturated carbocycles. The van der Waals surface area contributed by atoms with Gasteiger partial charge in [-0.15, -0.1) is 0 Å². The van der Waals surface area contributed by atoms with Crippen LogP contribution in [0.4, 0.5) is 5.69 Å². The molecule has 1 aromatic rings. The molecule has 0 atom stereocenters. The molecule has 0 amide bonds. The van der Waals surface area contributed by atoms with Crippen LogP contribution in [0.3, 0.4) is 0 Å². The van der Waals surface area contributed by atoms with Crippen molar-refractivity contribution >= 4 is 25.4 Å². The van der Waals surface area contributed by atoms with E-state index < -0.39 is 24.6 Å². The number of nitrogens with zero attached hydrogens (tertiary/aromatic N) is 1. The molecule has 0 N–H and O–H groups in total. The zero-order chi connectivity index (χ0) is 13.9. The Morgan fingerprint density at radius 1 is 1.39 bits per heavy atom. The van der Waals surface area contributed by atoms with Gasteiger partial charge in [0.25, 0.3) is 9.05 Å². The predicted octanol–water partition coefficient (Wildman–Crippen LogP) is 1.93. The Labute approximate surface area is 108 Å². The van der Waals surface area contributed by atoms with Gasteiger partial charge in [0.2, 0.25) is 5.75 Å². The van der Waals surface area contributed by atoms with Gasteiger partial charge in [-0.2, -0.15) is 0 Å². The average molecular weight is 296 g/mol. The first kappa shape index (κ1) is 14.5. The quantitative estimate of drug-likeness (QED) is 0.468. The normalized spacial score (nSPS) is 11.1. The summed E-state index contributed by atoms with van der Waals surface area (Å²) in [7, 11) is 2.26. The first-order valence-electron chi connectivity index (χ1n) is 4.75. The zero-order valence-corrected chi connectivity index (χ0v) is 11.1. The van der Waals surface area contributed by atoms with E-state index in [1.54, 1.807) is 6.92 Å².